The normalized spacial score (nSPS) is 42.2. The third kappa shape index (κ3) is 2.42. The van der Waals surface area contributed by atoms with Gasteiger partial charge in [0.1, 0.15) is 6.04 Å². The van der Waals surface area contributed by atoms with Gasteiger partial charge in [-0.2, -0.15) is 0 Å². The zero-order chi connectivity index (χ0) is 13.6. The number of likely N-dealkylation sites (tertiary alicyclic amines) is 1. The second-order valence-corrected chi connectivity index (χ2v) is 7.71. The van der Waals surface area contributed by atoms with E-state index < -0.39 is 5.97 Å². The Morgan fingerprint density at radius 3 is 2.58 bits per heavy atom. The first kappa shape index (κ1) is 13.4. The Kier molecular flexibility index (Phi) is 3.36. The third-order valence-electron chi connectivity index (χ3n) is 5.79. The maximum absolute atomic E-state index is 11.6. The van der Waals surface area contributed by atoms with Gasteiger partial charge in [-0.05, 0) is 49.9 Å². The Labute approximate surface area is 116 Å². The van der Waals surface area contributed by atoms with Crippen molar-refractivity contribution in [2.75, 3.05) is 0 Å². The molecule has 1 heterocycles. The van der Waals surface area contributed by atoms with Crippen LogP contribution in [-0.2, 0) is 4.79 Å². The summed E-state index contributed by atoms with van der Waals surface area (Å²) in [5.74, 6) is 0.0673. The molecule has 4 atom stereocenters. The second kappa shape index (κ2) is 4.76. The smallest absolute Gasteiger partial charge is 0.320 e. The van der Waals surface area contributed by atoms with E-state index in [4.69, 9.17) is 0 Å². The van der Waals surface area contributed by atoms with Gasteiger partial charge >= 0.3 is 5.97 Å². The summed E-state index contributed by atoms with van der Waals surface area (Å²) in [6.07, 6.45) is 9.60. The molecular formula is C16H27NO2. The highest BCUT2D eigenvalue weighted by Gasteiger charge is 2.50. The number of nitrogens with zero attached hydrogens (tertiary/aromatic N) is 1. The van der Waals surface area contributed by atoms with Gasteiger partial charge in [-0.3, -0.25) is 9.69 Å². The number of carboxylic acids is 1. The number of rotatable bonds is 2. The van der Waals surface area contributed by atoms with E-state index in [-0.39, 0.29) is 6.04 Å². The van der Waals surface area contributed by atoms with Crippen LogP contribution in [0.5, 0.6) is 0 Å². The molecule has 0 aromatic heterocycles. The molecule has 0 bridgehead atoms. The molecule has 3 heteroatoms. The molecule has 0 amide bonds. The number of carbonyl (C=O) groups is 1. The van der Waals surface area contributed by atoms with Gasteiger partial charge in [0.25, 0.3) is 0 Å². The summed E-state index contributed by atoms with van der Waals surface area (Å²) in [4.78, 5) is 14.1. The molecule has 19 heavy (non-hydrogen) atoms. The summed E-state index contributed by atoms with van der Waals surface area (Å²) in [7, 11) is 0. The maximum atomic E-state index is 11.6. The Bertz CT molecular complexity index is 366. The molecular weight excluding hydrogens is 238 g/mol. The van der Waals surface area contributed by atoms with E-state index in [2.05, 4.69) is 18.7 Å². The van der Waals surface area contributed by atoms with E-state index >= 15 is 0 Å². The van der Waals surface area contributed by atoms with E-state index in [1.165, 1.54) is 44.9 Å². The number of hydrogen-bond acceptors (Lipinski definition) is 2. The molecule has 2 saturated carbocycles. The number of carboxylic acid groups (broad SMARTS) is 1. The molecule has 3 aliphatic rings. The lowest BCUT2D eigenvalue weighted by atomic mass is 9.84. The van der Waals surface area contributed by atoms with Crippen LogP contribution < -0.4 is 0 Å². The third-order valence-corrected chi connectivity index (χ3v) is 5.79. The van der Waals surface area contributed by atoms with Gasteiger partial charge in [0.2, 0.25) is 0 Å². The van der Waals surface area contributed by atoms with Crippen LogP contribution in [0.1, 0.15) is 65.2 Å². The van der Waals surface area contributed by atoms with Crippen molar-refractivity contribution < 1.29 is 9.90 Å². The highest BCUT2D eigenvalue weighted by atomic mass is 16.4. The van der Waals surface area contributed by atoms with Gasteiger partial charge in [0.15, 0.2) is 0 Å². The molecule has 4 unspecified atom stereocenters. The van der Waals surface area contributed by atoms with Gasteiger partial charge < -0.3 is 5.11 Å². The standard InChI is InChI=1S/C16H27NO2/c1-16(2)8-7-12(10-16)17-13-6-4-3-5-11(13)9-14(17)15(18)19/h11-14H,3-10H2,1-2H3,(H,18,19). The first-order chi connectivity index (χ1) is 8.98. The molecule has 108 valence electrons. The van der Waals surface area contributed by atoms with Crippen LogP contribution in [0.25, 0.3) is 0 Å². The van der Waals surface area contributed by atoms with Gasteiger partial charge in [-0.1, -0.05) is 26.7 Å². The number of hydrogen-bond donors (Lipinski definition) is 1. The van der Waals surface area contributed by atoms with Crippen molar-refractivity contribution in [3.8, 4) is 0 Å². The van der Waals surface area contributed by atoms with Crippen LogP contribution in [0.15, 0.2) is 0 Å². The Morgan fingerprint density at radius 1 is 1.21 bits per heavy atom. The SMILES string of the molecule is CC1(C)CCC(N2C(C(=O)O)CC3CCCCC32)C1. The average molecular weight is 265 g/mol. The second-order valence-electron chi connectivity index (χ2n) is 7.71. The van der Waals surface area contributed by atoms with Crippen LogP contribution in [0.3, 0.4) is 0 Å². The van der Waals surface area contributed by atoms with Crippen molar-refractivity contribution in [2.24, 2.45) is 11.3 Å². The van der Waals surface area contributed by atoms with Crippen molar-refractivity contribution in [3.63, 3.8) is 0 Å². The maximum Gasteiger partial charge on any atom is 0.320 e. The van der Waals surface area contributed by atoms with Gasteiger partial charge in [0, 0.05) is 12.1 Å². The Balaban J connectivity index is 1.81. The first-order valence-electron chi connectivity index (χ1n) is 7.98. The zero-order valence-corrected chi connectivity index (χ0v) is 12.3. The Hall–Kier alpha value is -0.570. The van der Waals surface area contributed by atoms with E-state index in [1.807, 2.05) is 0 Å². The summed E-state index contributed by atoms with van der Waals surface area (Å²) in [5.41, 5.74) is 0.403. The lowest BCUT2D eigenvalue weighted by Crippen LogP contribution is -2.47. The minimum atomic E-state index is -0.584. The quantitative estimate of drug-likeness (QED) is 0.833. The van der Waals surface area contributed by atoms with E-state index in [0.29, 0.717) is 23.4 Å². The summed E-state index contributed by atoms with van der Waals surface area (Å²) < 4.78 is 0. The van der Waals surface area contributed by atoms with Crippen molar-refractivity contribution in [2.45, 2.75) is 83.3 Å². The van der Waals surface area contributed by atoms with Crippen LogP contribution in [0.4, 0.5) is 0 Å². The largest absolute Gasteiger partial charge is 0.480 e. The van der Waals surface area contributed by atoms with Crippen LogP contribution >= 0.6 is 0 Å². The molecule has 1 N–H and O–H groups in total. The van der Waals surface area contributed by atoms with Gasteiger partial charge in [-0.15, -0.1) is 0 Å². The summed E-state index contributed by atoms with van der Waals surface area (Å²) in [6, 6.07) is 0.880. The molecule has 0 spiro atoms. The van der Waals surface area contributed by atoms with Crippen molar-refractivity contribution in [3.05, 3.63) is 0 Å². The highest BCUT2D eigenvalue weighted by Crippen LogP contribution is 2.47. The van der Waals surface area contributed by atoms with Gasteiger partial charge in [-0.25, -0.2) is 0 Å². The van der Waals surface area contributed by atoms with Crippen molar-refractivity contribution in [1.82, 2.24) is 4.90 Å². The van der Waals surface area contributed by atoms with Crippen LogP contribution in [0, 0.1) is 11.3 Å². The minimum absolute atomic E-state index is 0.202. The summed E-state index contributed by atoms with van der Waals surface area (Å²) >= 11 is 0. The first-order valence-corrected chi connectivity index (χ1v) is 7.98. The molecule has 3 nitrogen and oxygen atoms in total. The highest BCUT2D eigenvalue weighted by molar-refractivity contribution is 5.74. The molecule has 0 aromatic carbocycles. The lowest BCUT2D eigenvalue weighted by molar-refractivity contribution is -0.143. The van der Waals surface area contributed by atoms with Crippen LogP contribution in [0.2, 0.25) is 0 Å². The fourth-order valence-electron chi connectivity index (χ4n) is 4.90. The van der Waals surface area contributed by atoms with Crippen molar-refractivity contribution in [1.29, 1.82) is 0 Å². The fourth-order valence-corrected chi connectivity index (χ4v) is 4.90. The van der Waals surface area contributed by atoms with Crippen molar-refractivity contribution >= 4 is 5.97 Å². The number of aliphatic carboxylic acids is 1. The summed E-state index contributed by atoms with van der Waals surface area (Å²) in [6.45, 7) is 4.66. The predicted octanol–water partition coefficient (Wildman–Crippen LogP) is 3.28. The molecule has 0 radical (unpaired) electrons. The van der Waals surface area contributed by atoms with E-state index in [1.54, 1.807) is 0 Å². The lowest BCUT2D eigenvalue weighted by Gasteiger charge is -2.37. The van der Waals surface area contributed by atoms with Crippen LogP contribution in [-0.4, -0.2) is 34.1 Å². The summed E-state index contributed by atoms with van der Waals surface area (Å²) in [5, 5.41) is 9.58. The molecule has 2 aliphatic carbocycles. The molecule has 1 saturated heterocycles. The number of fused-ring (bicyclic) bond motifs is 1. The molecule has 0 aromatic rings. The average Bonchev–Trinajstić information content (AvgIpc) is 2.89. The monoisotopic (exact) mass is 265 g/mol. The molecule has 3 fully saturated rings. The predicted molar refractivity (Wildman–Crippen MR) is 75.0 cm³/mol. The topological polar surface area (TPSA) is 40.5 Å². The molecule has 3 rings (SSSR count). The van der Waals surface area contributed by atoms with E-state index in [9.17, 15) is 9.90 Å². The minimum Gasteiger partial charge on any atom is -0.480 e. The van der Waals surface area contributed by atoms with Gasteiger partial charge in [0.05, 0.1) is 0 Å². The fraction of sp³-hybridized carbons (Fsp3) is 0.938. The Morgan fingerprint density at radius 2 is 1.95 bits per heavy atom. The zero-order valence-electron chi connectivity index (χ0n) is 12.3. The van der Waals surface area contributed by atoms with E-state index in [0.717, 1.165) is 6.42 Å². The molecule has 1 aliphatic heterocycles.